The third-order valence-electron chi connectivity index (χ3n) is 4.65. The predicted octanol–water partition coefficient (Wildman–Crippen LogP) is 5.35. The zero-order valence-corrected chi connectivity index (χ0v) is 19.9. The number of nitrogens with one attached hydrogen (secondary N) is 3. The summed E-state index contributed by atoms with van der Waals surface area (Å²) >= 11 is 0. The van der Waals surface area contributed by atoms with E-state index in [4.69, 9.17) is 4.74 Å². The van der Waals surface area contributed by atoms with Crippen molar-refractivity contribution in [1.82, 2.24) is 10.6 Å². The first-order valence-electron chi connectivity index (χ1n) is 10.8. The zero-order chi connectivity index (χ0) is 20.7. The van der Waals surface area contributed by atoms with Gasteiger partial charge >= 0.3 is 6.03 Å². The monoisotopic (exact) mass is 477 g/mol. The van der Waals surface area contributed by atoms with E-state index in [1.54, 1.807) is 0 Å². The third kappa shape index (κ3) is 10.1. The number of urea groups is 1. The minimum Gasteiger partial charge on any atom is -0.494 e. The van der Waals surface area contributed by atoms with Gasteiger partial charge in [0.15, 0.2) is 0 Å². The smallest absolute Gasteiger partial charge is 0.319 e. The fraction of sp³-hybridized carbons (Fsp3) is 0.458. The van der Waals surface area contributed by atoms with Gasteiger partial charge in [0.1, 0.15) is 5.75 Å². The average Bonchev–Trinajstić information content (AvgIpc) is 2.73. The minimum atomic E-state index is -0.179. The van der Waals surface area contributed by atoms with Crippen LogP contribution < -0.4 is 20.7 Å². The Hall–Kier alpha value is -2.05. The number of para-hydroxylation sites is 1. The number of halogens is 1. The van der Waals surface area contributed by atoms with E-state index in [0.717, 1.165) is 63.2 Å². The summed E-state index contributed by atoms with van der Waals surface area (Å²) in [6.45, 7) is 7.38. The maximum absolute atomic E-state index is 11.8. The molecule has 0 saturated heterocycles. The Kier molecular flexibility index (Phi) is 13.6. The third-order valence-corrected chi connectivity index (χ3v) is 4.65. The van der Waals surface area contributed by atoms with Gasteiger partial charge in [-0.15, -0.1) is 17.0 Å². The highest BCUT2D eigenvalue weighted by Gasteiger charge is 2.05. The van der Waals surface area contributed by atoms with Crippen LogP contribution in [0.15, 0.2) is 48.5 Å². The number of carbonyl (C=O) groups excluding carboxylic acids is 1. The van der Waals surface area contributed by atoms with Gasteiger partial charge in [-0.1, -0.05) is 51.0 Å². The number of amides is 2. The molecular weight excluding hydrogens is 442 g/mol. The number of hydrogen-bond acceptors (Lipinski definition) is 3. The average molecular weight is 478 g/mol. The maximum Gasteiger partial charge on any atom is 0.319 e. The number of carbonyl (C=O) groups is 1. The van der Waals surface area contributed by atoms with Gasteiger partial charge < -0.3 is 20.7 Å². The molecule has 0 aromatic heterocycles. The summed E-state index contributed by atoms with van der Waals surface area (Å²) in [5.74, 6) is 0.979. The molecule has 6 heteroatoms. The Morgan fingerprint density at radius 2 is 1.70 bits per heavy atom. The molecule has 2 amide bonds. The van der Waals surface area contributed by atoms with Gasteiger partial charge in [0.05, 0.1) is 6.61 Å². The van der Waals surface area contributed by atoms with Crippen LogP contribution in [0.1, 0.15) is 44.2 Å². The van der Waals surface area contributed by atoms with E-state index in [0.29, 0.717) is 6.54 Å². The maximum atomic E-state index is 11.8. The van der Waals surface area contributed by atoms with Crippen LogP contribution >= 0.6 is 17.0 Å². The second kappa shape index (κ2) is 15.7. The number of unbranched alkanes of at least 4 members (excludes halogenated alkanes) is 1. The second-order valence-electron chi connectivity index (χ2n) is 7.13. The first-order valence-corrected chi connectivity index (χ1v) is 10.8. The van der Waals surface area contributed by atoms with Crippen molar-refractivity contribution in [2.45, 2.75) is 46.0 Å². The van der Waals surface area contributed by atoms with E-state index in [2.05, 4.69) is 48.0 Å². The fourth-order valence-corrected chi connectivity index (χ4v) is 3.08. The molecule has 2 aromatic carbocycles. The molecule has 5 nitrogen and oxygen atoms in total. The van der Waals surface area contributed by atoms with Crippen LogP contribution in [0, 0.1) is 0 Å². The lowest BCUT2D eigenvalue weighted by molar-refractivity contribution is 0.252. The molecule has 0 fully saturated rings. The summed E-state index contributed by atoms with van der Waals surface area (Å²) < 4.78 is 5.85. The highest BCUT2D eigenvalue weighted by atomic mass is 79.9. The zero-order valence-electron chi connectivity index (χ0n) is 18.2. The van der Waals surface area contributed by atoms with Crippen LogP contribution in [0.25, 0.3) is 0 Å². The first-order chi connectivity index (χ1) is 14.2. The lowest BCUT2D eigenvalue weighted by Gasteiger charge is -2.13. The molecular formula is C24H36BrN3O2. The summed E-state index contributed by atoms with van der Waals surface area (Å²) in [5, 5.41) is 9.08. The van der Waals surface area contributed by atoms with Crippen molar-refractivity contribution in [3.05, 3.63) is 59.7 Å². The molecule has 0 unspecified atom stereocenters. The predicted molar refractivity (Wildman–Crippen MR) is 131 cm³/mol. The van der Waals surface area contributed by atoms with Crippen molar-refractivity contribution >= 4 is 28.7 Å². The van der Waals surface area contributed by atoms with Crippen LogP contribution in [0.2, 0.25) is 0 Å². The van der Waals surface area contributed by atoms with Gasteiger partial charge in [0.25, 0.3) is 0 Å². The lowest BCUT2D eigenvalue weighted by Crippen LogP contribution is -2.35. The van der Waals surface area contributed by atoms with E-state index in [1.165, 1.54) is 11.1 Å². The van der Waals surface area contributed by atoms with Crippen molar-refractivity contribution in [3.8, 4) is 5.75 Å². The van der Waals surface area contributed by atoms with Crippen LogP contribution in [0.4, 0.5) is 10.5 Å². The molecule has 0 aliphatic carbocycles. The highest BCUT2D eigenvalue weighted by molar-refractivity contribution is 8.93. The quantitative estimate of drug-likeness (QED) is 0.340. The number of rotatable bonds is 13. The molecule has 0 atom stereocenters. The number of aryl methyl sites for hydroxylation is 1. The largest absolute Gasteiger partial charge is 0.494 e. The number of benzene rings is 2. The van der Waals surface area contributed by atoms with Gasteiger partial charge in [-0.2, -0.15) is 0 Å². The van der Waals surface area contributed by atoms with E-state index >= 15 is 0 Å². The van der Waals surface area contributed by atoms with Crippen LogP contribution in [-0.2, 0) is 12.8 Å². The van der Waals surface area contributed by atoms with Crippen molar-refractivity contribution in [2.75, 3.05) is 31.6 Å². The molecule has 0 bridgehead atoms. The summed E-state index contributed by atoms with van der Waals surface area (Å²) in [5.41, 5.74) is 3.55. The fourth-order valence-electron chi connectivity index (χ4n) is 3.08. The SMILES string of the molecule is Br.CCCCOc1ccc(CCNCCNC(=O)Nc2ccccc2)c(CCC)c1. The lowest BCUT2D eigenvalue weighted by atomic mass is 10.0. The molecule has 2 rings (SSSR count). The van der Waals surface area contributed by atoms with Crippen molar-refractivity contribution in [2.24, 2.45) is 0 Å². The molecule has 30 heavy (non-hydrogen) atoms. The van der Waals surface area contributed by atoms with Crippen molar-refractivity contribution in [1.29, 1.82) is 0 Å². The molecule has 2 aromatic rings. The Morgan fingerprint density at radius 3 is 2.43 bits per heavy atom. The Balaban J connectivity index is 0.00000450. The Labute approximate surface area is 191 Å². The summed E-state index contributed by atoms with van der Waals surface area (Å²) in [6, 6.07) is 15.7. The molecule has 0 heterocycles. The number of ether oxygens (including phenoxy) is 1. The standard InChI is InChI=1S/C24H35N3O2.BrH/c1-3-5-18-29-23-13-12-20(21(19-23)9-4-2)14-15-25-16-17-26-24(28)27-22-10-7-6-8-11-22;/h6-8,10-13,19,25H,3-5,9,14-18H2,1-2H3,(H2,26,27,28);1H. The number of anilines is 1. The molecule has 0 aliphatic rings. The summed E-state index contributed by atoms with van der Waals surface area (Å²) in [6.07, 6.45) is 5.40. The normalized spacial score (nSPS) is 10.2. The van der Waals surface area contributed by atoms with Gasteiger partial charge in [-0.25, -0.2) is 4.79 Å². The van der Waals surface area contributed by atoms with E-state index < -0.39 is 0 Å². The van der Waals surface area contributed by atoms with E-state index in [9.17, 15) is 4.79 Å². The first kappa shape index (κ1) is 26.0. The van der Waals surface area contributed by atoms with Gasteiger partial charge in [-0.05, 0) is 61.2 Å². The minimum absolute atomic E-state index is 0. The molecule has 0 spiro atoms. The molecule has 0 aliphatic heterocycles. The van der Waals surface area contributed by atoms with E-state index in [1.807, 2.05) is 30.3 Å². The van der Waals surface area contributed by atoms with Crippen molar-refractivity contribution < 1.29 is 9.53 Å². The Bertz CT molecular complexity index is 726. The van der Waals surface area contributed by atoms with Crippen LogP contribution in [0.3, 0.4) is 0 Å². The van der Waals surface area contributed by atoms with Crippen LogP contribution in [0.5, 0.6) is 5.75 Å². The van der Waals surface area contributed by atoms with Crippen molar-refractivity contribution in [3.63, 3.8) is 0 Å². The second-order valence-corrected chi connectivity index (χ2v) is 7.13. The van der Waals surface area contributed by atoms with Gasteiger partial charge in [0.2, 0.25) is 0 Å². The van der Waals surface area contributed by atoms with Crippen LogP contribution in [-0.4, -0.2) is 32.3 Å². The highest BCUT2D eigenvalue weighted by Crippen LogP contribution is 2.20. The van der Waals surface area contributed by atoms with Gasteiger partial charge in [-0.3, -0.25) is 0 Å². The molecule has 166 valence electrons. The summed E-state index contributed by atoms with van der Waals surface area (Å²) in [4.78, 5) is 11.8. The molecule has 3 N–H and O–H groups in total. The molecule has 0 saturated carbocycles. The summed E-state index contributed by atoms with van der Waals surface area (Å²) in [7, 11) is 0. The topological polar surface area (TPSA) is 62.4 Å². The molecule has 0 radical (unpaired) electrons. The Morgan fingerprint density at radius 1 is 0.900 bits per heavy atom. The van der Waals surface area contributed by atoms with Gasteiger partial charge in [0, 0.05) is 18.8 Å². The van der Waals surface area contributed by atoms with E-state index in [-0.39, 0.29) is 23.0 Å². The number of hydrogen-bond donors (Lipinski definition) is 3.